The summed E-state index contributed by atoms with van der Waals surface area (Å²) >= 11 is 9.27. The Morgan fingerprint density at radius 3 is 2.90 bits per heavy atom. The molecule has 0 aliphatic carbocycles. The third-order valence-corrected chi connectivity index (χ3v) is 4.42. The highest BCUT2D eigenvalue weighted by molar-refractivity contribution is 9.10. The number of nitrogens with zero attached hydrogens (tertiary/aromatic N) is 1. The number of ether oxygens (including phenoxy) is 1. The Morgan fingerprint density at radius 2 is 2.30 bits per heavy atom. The van der Waals surface area contributed by atoms with Crippen molar-refractivity contribution in [1.29, 1.82) is 0 Å². The Balaban J connectivity index is 1.81. The second-order valence-corrected chi connectivity index (χ2v) is 6.40. The van der Waals surface area contributed by atoms with Gasteiger partial charge >= 0.3 is 5.97 Å². The van der Waals surface area contributed by atoms with Gasteiger partial charge in [0.1, 0.15) is 12.4 Å². The monoisotopic (exact) mass is 361 g/mol. The number of benzene rings is 1. The van der Waals surface area contributed by atoms with Crippen molar-refractivity contribution in [3.63, 3.8) is 0 Å². The molecule has 1 aromatic carbocycles. The van der Waals surface area contributed by atoms with E-state index in [0.717, 1.165) is 23.3 Å². The minimum Gasteiger partial charge on any atom is -0.491 e. The van der Waals surface area contributed by atoms with E-state index in [2.05, 4.69) is 20.8 Å². The minimum atomic E-state index is -0.707. The lowest BCUT2D eigenvalue weighted by Crippen LogP contribution is -2.27. The average molecular weight is 363 g/mol. The summed E-state index contributed by atoms with van der Waals surface area (Å²) in [6.45, 7) is 4.64. The summed E-state index contributed by atoms with van der Waals surface area (Å²) in [5, 5.41) is 9.75. The lowest BCUT2D eigenvalue weighted by molar-refractivity contribution is -0.142. The van der Waals surface area contributed by atoms with Crippen LogP contribution >= 0.6 is 27.5 Å². The van der Waals surface area contributed by atoms with E-state index >= 15 is 0 Å². The number of carboxylic acid groups (broad SMARTS) is 1. The molecule has 110 valence electrons. The first kappa shape index (κ1) is 15.6. The molecule has 0 amide bonds. The van der Waals surface area contributed by atoms with E-state index in [1.54, 1.807) is 12.1 Å². The molecule has 2 atom stereocenters. The Kier molecular flexibility index (Phi) is 5.29. The Hall–Kier alpha value is -0.780. The minimum absolute atomic E-state index is 0.190. The van der Waals surface area contributed by atoms with Crippen LogP contribution in [0.5, 0.6) is 5.75 Å². The third kappa shape index (κ3) is 3.87. The van der Waals surface area contributed by atoms with Gasteiger partial charge in [0.15, 0.2) is 0 Å². The first-order valence-electron chi connectivity index (χ1n) is 6.50. The third-order valence-electron chi connectivity index (χ3n) is 3.56. The summed E-state index contributed by atoms with van der Waals surface area (Å²) < 4.78 is 6.51. The molecule has 1 fully saturated rings. The summed E-state index contributed by atoms with van der Waals surface area (Å²) in [4.78, 5) is 13.2. The van der Waals surface area contributed by atoms with E-state index in [1.165, 1.54) is 0 Å². The average Bonchev–Trinajstić information content (AvgIpc) is 2.73. The molecule has 0 spiro atoms. The number of carboxylic acids is 1. The molecule has 4 nitrogen and oxygen atoms in total. The van der Waals surface area contributed by atoms with Crippen molar-refractivity contribution < 1.29 is 14.6 Å². The molecule has 0 aromatic heterocycles. The zero-order valence-corrected chi connectivity index (χ0v) is 13.5. The summed E-state index contributed by atoms with van der Waals surface area (Å²) in [6, 6.07) is 5.38. The van der Waals surface area contributed by atoms with Crippen LogP contribution < -0.4 is 4.74 Å². The first-order valence-corrected chi connectivity index (χ1v) is 7.67. The van der Waals surface area contributed by atoms with Crippen molar-refractivity contribution in [3.8, 4) is 5.75 Å². The lowest BCUT2D eigenvalue weighted by atomic mass is 9.99. The van der Waals surface area contributed by atoms with Gasteiger partial charge in [-0.3, -0.25) is 9.69 Å². The first-order chi connectivity index (χ1) is 9.47. The summed E-state index contributed by atoms with van der Waals surface area (Å²) in [5.74, 6) is -0.0372. The van der Waals surface area contributed by atoms with Crippen LogP contribution in [0.4, 0.5) is 0 Å². The fourth-order valence-electron chi connectivity index (χ4n) is 2.45. The van der Waals surface area contributed by atoms with Gasteiger partial charge in [0.2, 0.25) is 0 Å². The van der Waals surface area contributed by atoms with Gasteiger partial charge in [0, 0.05) is 24.7 Å². The number of hydrogen-bond donors (Lipinski definition) is 1. The molecule has 1 saturated heterocycles. The maximum atomic E-state index is 11.1. The van der Waals surface area contributed by atoms with Gasteiger partial charge in [-0.25, -0.2) is 0 Å². The quantitative estimate of drug-likeness (QED) is 0.874. The molecular formula is C14H17BrClNO3. The molecule has 1 N–H and O–H groups in total. The van der Waals surface area contributed by atoms with Crippen LogP contribution in [0.3, 0.4) is 0 Å². The van der Waals surface area contributed by atoms with Gasteiger partial charge in [-0.05, 0) is 40.0 Å². The molecule has 0 bridgehead atoms. The van der Waals surface area contributed by atoms with Gasteiger partial charge in [-0.15, -0.1) is 0 Å². The molecule has 2 unspecified atom stereocenters. The predicted molar refractivity (Wildman–Crippen MR) is 81.4 cm³/mol. The van der Waals surface area contributed by atoms with Gasteiger partial charge in [0.25, 0.3) is 0 Å². The predicted octanol–water partition coefficient (Wildman–Crippen LogP) is 3.13. The molecule has 2 rings (SSSR count). The van der Waals surface area contributed by atoms with Gasteiger partial charge in [-0.2, -0.15) is 0 Å². The lowest BCUT2D eigenvalue weighted by Gasteiger charge is -2.16. The number of likely N-dealkylation sites (tertiary alicyclic amines) is 1. The summed E-state index contributed by atoms with van der Waals surface area (Å²) in [5.41, 5.74) is 0. The fraction of sp³-hybridized carbons (Fsp3) is 0.500. The summed E-state index contributed by atoms with van der Waals surface area (Å²) in [6.07, 6.45) is 0. The van der Waals surface area contributed by atoms with Crippen LogP contribution in [-0.4, -0.2) is 42.2 Å². The van der Waals surface area contributed by atoms with E-state index in [4.69, 9.17) is 21.4 Å². The van der Waals surface area contributed by atoms with Gasteiger partial charge in [0.05, 0.1) is 10.4 Å². The zero-order chi connectivity index (χ0) is 14.7. The second-order valence-electron chi connectivity index (χ2n) is 5.10. The van der Waals surface area contributed by atoms with E-state index in [1.807, 2.05) is 13.0 Å². The zero-order valence-electron chi connectivity index (χ0n) is 11.2. The van der Waals surface area contributed by atoms with Crippen molar-refractivity contribution in [2.45, 2.75) is 6.92 Å². The molecular weight excluding hydrogens is 346 g/mol. The highest BCUT2D eigenvalue weighted by atomic mass is 79.9. The van der Waals surface area contributed by atoms with Crippen molar-refractivity contribution in [1.82, 2.24) is 4.90 Å². The normalized spacial score (nSPS) is 22.9. The molecule has 1 heterocycles. The topological polar surface area (TPSA) is 49.8 Å². The van der Waals surface area contributed by atoms with Crippen molar-refractivity contribution >= 4 is 33.5 Å². The summed E-state index contributed by atoms with van der Waals surface area (Å²) in [7, 11) is 0. The Morgan fingerprint density at radius 1 is 1.55 bits per heavy atom. The molecule has 0 saturated carbocycles. The molecule has 1 aliphatic rings. The van der Waals surface area contributed by atoms with Crippen LogP contribution in [0.2, 0.25) is 5.02 Å². The van der Waals surface area contributed by atoms with Crippen molar-refractivity contribution in [3.05, 3.63) is 27.7 Å². The number of carbonyl (C=O) groups is 1. The SMILES string of the molecule is CC1CN(CCOc2ccc(Cl)cc2Br)CC1C(=O)O. The van der Waals surface area contributed by atoms with Crippen molar-refractivity contribution in [2.75, 3.05) is 26.2 Å². The highest BCUT2D eigenvalue weighted by Gasteiger charge is 2.34. The molecule has 1 aliphatic heterocycles. The fourth-order valence-corrected chi connectivity index (χ4v) is 3.25. The maximum Gasteiger partial charge on any atom is 0.308 e. The van der Waals surface area contributed by atoms with Gasteiger partial charge in [-0.1, -0.05) is 18.5 Å². The van der Waals surface area contributed by atoms with Crippen LogP contribution in [0, 0.1) is 11.8 Å². The number of aliphatic carboxylic acids is 1. The maximum absolute atomic E-state index is 11.1. The highest BCUT2D eigenvalue weighted by Crippen LogP contribution is 2.28. The van der Waals surface area contributed by atoms with Crippen molar-refractivity contribution in [2.24, 2.45) is 11.8 Å². The molecule has 6 heteroatoms. The number of rotatable bonds is 5. The van der Waals surface area contributed by atoms with E-state index in [0.29, 0.717) is 18.2 Å². The number of hydrogen-bond acceptors (Lipinski definition) is 3. The smallest absolute Gasteiger partial charge is 0.308 e. The van der Waals surface area contributed by atoms with E-state index < -0.39 is 5.97 Å². The van der Waals surface area contributed by atoms with Crippen LogP contribution in [0.1, 0.15) is 6.92 Å². The molecule has 0 radical (unpaired) electrons. The largest absolute Gasteiger partial charge is 0.491 e. The van der Waals surface area contributed by atoms with Crippen LogP contribution in [0.25, 0.3) is 0 Å². The van der Waals surface area contributed by atoms with E-state index in [-0.39, 0.29) is 11.8 Å². The van der Waals surface area contributed by atoms with E-state index in [9.17, 15) is 4.79 Å². The Labute approximate surface area is 131 Å². The van der Waals surface area contributed by atoms with Crippen LogP contribution in [0.15, 0.2) is 22.7 Å². The molecule has 20 heavy (non-hydrogen) atoms. The molecule has 1 aromatic rings. The Bertz CT molecular complexity index is 497. The van der Waals surface area contributed by atoms with Crippen LogP contribution in [-0.2, 0) is 4.79 Å². The van der Waals surface area contributed by atoms with Gasteiger partial charge < -0.3 is 9.84 Å². The number of halogens is 2. The second kappa shape index (κ2) is 6.78. The standard InChI is InChI=1S/C14H17BrClNO3/c1-9-7-17(8-11(9)14(18)19)4-5-20-13-3-2-10(16)6-12(13)15/h2-3,6,9,11H,4-5,7-8H2,1H3,(H,18,19).